The van der Waals surface area contributed by atoms with Gasteiger partial charge in [-0.3, -0.25) is 4.79 Å². The molecule has 33 heavy (non-hydrogen) atoms. The lowest BCUT2D eigenvalue weighted by molar-refractivity contribution is -0.133. The Labute approximate surface area is 196 Å². The molecule has 0 radical (unpaired) electrons. The van der Waals surface area contributed by atoms with Crippen LogP contribution in [0.5, 0.6) is 0 Å². The number of aromatic amines is 1. The molecule has 4 rings (SSSR count). The van der Waals surface area contributed by atoms with Crippen LogP contribution < -0.4 is 5.32 Å². The van der Waals surface area contributed by atoms with Gasteiger partial charge in [0.2, 0.25) is 0 Å². The van der Waals surface area contributed by atoms with Crippen molar-refractivity contribution in [2.24, 2.45) is 5.92 Å². The van der Waals surface area contributed by atoms with Gasteiger partial charge in [-0.2, -0.15) is 0 Å². The highest BCUT2D eigenvalue weighted by Crippen LogP contribution is 2.45. The summed E-state index contributed by atoms with van der Waals surface area (Å²) in [5.74, 6) is 1.96. The molecule has 7 heteroatoms. The van der Waals surface area contributed by atoms with Crippen molar-refractivity contribution in [3.63, 3.8) is 0 Å². The third-order valence-corrected chi connectivity index (χ3v) is 7.77. The molecule has 1 amide bonds. The van der Waals surface area contributed by atoms with Gasteiger partial charge in [0, 0.05) is 23.2 Å². The van der Waals surface area contributed by atoms with Crippen LogP contribution in [0.2, 0.25) is 19.6 Å². The van der Waals surface area contributed by atoms with Gasteiger partial charge in [0.1, 0.15) is 19.7 Å². The summed E-state index contributed by atoms with van der Waals surface area (Å²) < 4.78 is 28.9. The molecular formula is C26H35F2N3OSi. The number of carbonyl (C=O) groups excluding carboxylic acids is 1. The number of unbranched alkanes of at least 4 members (excludes halogenated alkanes) is 1. The molecule has 1 aromatic carbocycles. The van der Waals surface area contributed by atoms with Gasteiger partial charge < -0.3 is 15.2 Å². The quantitative estimate of drug-likeness (QED) is 0.469. The average molecular weight is 472 g/mol. The van der Waals surface area contributed by atoms with E-state index in [1.165, 1.54) is 6.07 Å². The molecule has 178 valence electrons. The second kappa shape index (κ2) is 9.59. The predicted octanol–water partition coefficient (Wildman–Crippen LogP) is 5.31. The summed E-state index contributed by atoms with van der Waals surface area (Å²) in [6.07, 6.45) is 5.35. The van der Waals surface area contributed by atoms with Crippen LogP contribution in [0.15, 0.2) is 12.1 Å². The van der Waals surface area contributed by atoms with E-state index >= 15 is 0 Å². The summed E-state index contributed by atoms with van der Waals surface area (Å²) in [4.78, 5) is 18.9. The van der Waals surface area contributed by atoms with Crippen molar-refractivity contribution in [3.8, 4) is 11.5 Å². The molecule has 0 aliphatic carbocycles. The molecule has 3 heterocycles. The largest absolute Gasteiger partial charge is 0.354 e. The fourth-order valence-corrected chi connectivity index (χ4v) is 5.85. The summed E-state index contributed by atoms with van der Waals surface area (Å²) in [5, 5.41) is 4.02. The Hall–Kier alpha value is -2.17. The van der Waals surface area contributed by atoms with Gasteiger partial charge in [-0.1, -0.05) is 39.4 Å². The smallest absolute Gasteiger partial charge is 0.298 e. The molecule has 1 fully saturated rings. The first-order chi connectivity index (χ1) is 15.7. The molecule has 1 saturated heterocycles. The first kappa shape index (κ1) is 24.0. The zero-order valence-corrected chi connectivity index (χ0v) is 21.2. The molecule has 2 N–H and O–H groups in total. The highest BCUT2D eigenvalue weighted by molar-refractivity contribution is 6.84. The zero-order valence-electron chi connectivity index (χ0n) is 20.2. The number of hydrogen-bond donors (Lipinski definition) is 2. The van der Waals surface area contributed by atoms with E-state index in [2.05, 4.69) is 48.3 Å². The predicted molar refractivity (Wildman–Crippen MR) is 132 cm³/mol. The standard InChI is InChI=1S/C26H35F2N3OSi/c1-5-6-7-19-16-21-20-14-18(27)15-22(28)24(20)30-25(21)26(17-8-11-29-12-9-17)31(19)23(32)10-13-33(2,3)4/h14-15,17,19,26,29-30H,5-9,11-12,16H2,1-4H3/t19-,26-/m0/s1. The van der Waals surface area contributed by atoms with Gasteiger partial charge in [0.15, 0.2) is 0 Å². The second-order valence-electron chi connectivity index (χ2n) is 10.6. The maximum atomic E-state index is 14.7. The van der Waals surface area contributed by atoms with Crippen molar-refractivity contribution < 1.29 is 13.6 Å². The number of H-pyrrole nitrogens is 1. The number of carbonyl (C=O) groups is 1. The van der Waals surface area contributed by atoms with Gasteiger partial charge in [-0.25, -0.2) is 8.78 Å². The van der Waals surface area contributed by atoms with Gasteiger partial charge >= 0.3 is 0 Å². The van der Waals surface area contributed by atoms with Crippen molar-refractivity contribution in [2.45, 2.75) is 77.2 Å². The van der Waals surface area contributed by atoms with Crippen LogP contribution in [0, 0.1) is 29.0 Å². The van der Waals surface area contributed by atoms with Gasteiger partial charge in [-0.15, -0.1) is 5.54 Å². The molecule has 2 aromatic rings. The van der Waals surface area contributed by atoms with Crippen LogP contribution in [0.1, 0.15) is 56.3 Å². The maximum absolute atomic E-state index is 14.7. The molecule has 4 nitrogen and oxygen atoms in total. The van der Waals surface area contributed by atoms with Crippen LogP contribution >= 0.6 is 0 Å². The highest BCUT2D eigenvalue weighted by atomic mass is 28.3. The summed E-state index contributed by atoms with van der Waals surface area (Å²) in [7, 11) is -1.72. The maximum Gasteiger partial charge on any atom is 0.298 e. The first-order valence-electron chi connectivity index (χ1n) is 12.2. The van der Waals surface area contributed by atoms with Crippen LogP contribution in [0.4, 0.5) is 8.78 Å². The Morgan fingerprint density at radius 2 is 1.94 bits per heavy atom. The Balaban J connectivity index is 1.87. The number of hydrogen-bond acceptors (Lipinski definition) is 2. The minimum absolute atomic E-state index is 0.0221. The SMILES string of the molecule is CCCC[C@H]1Cc2c([nH]c3c(F)cc(F)cc23)[C@H](C2CCNCC2)N1C(=O)C#C[Si](C)(C)C. The van der Waals surface area contributed by atoms with Crippen molar-refractivity contribution in [1.82, 2.24) is 15.2 Å². The van der Waals surface area contributed by atoms with Crippen molar-refractivity contribution in [2.75, 3.05) is 13.1 Å². The highest BCUT2D eigenvalue weighted by Gasteiger charge is 2.43. The topological polar surface area (TPSA) is 48.1 Å². The fourth-order valence-electron chi connectivity index (χ4n) is 5.37. The van der Waals surface area contributed by atoms with E-state index in [4.69, 9.17) is 0 Å². The van der Waals surface area contributed by atoms with Gasteiger partial charge in [-0.05, 0) is 62.2 Å². The minimum Gasteiger partial charge on any atom is -0.354 e. The number of fused-ring (bicyclic) bond motifs is 3. The van der Waals surface area contributed by atoms with E-state index in [0.29, 0.717) is 17.3 Å². The van der Waals surface area contributed by atoms with E-state index in [-0.39, 0.29) is 23.9 Å². The normalized spacial score (nSPS) is 21.6. The minimum atomic E-state index is -1.72. The van der Waals surface area contributed by atoms with Crippen molar-refractivity contribution in [1.29, 1.82) is 0 Å². The molecule has 1 aromatic heterocycles. The monoisotopic (exact) mass is 471 g/mol. The molecular weight excluding hydrogens is 436 g/mol. The summed E-state index contributed by atoms with van der Waals surface area (Å²) in [6.45, 7) is 10.3. The van der Waals surface area contributed by atoms with Crippen LogP contribution in [-0.4, -0.2) is 43.0 Å². The Morgan fingerprint density at radius 1 is 1.21 bits per heavy atom. The van der Waals surface area contributed by atoms with Gasteiger partial charge in [0.05, 0.1) is 11.6 Å². The van der Waals surface area contributed by atoms with Crippen LogP contribution in [0.3, 0.4) is 0 Å². The number of halogens is 2. The summed E-state index contributed by atoms with van der Waals surface area (Å²) >= 11 is 0. The van der Waals surface area contributed by atoms with E-state index < -0.39 is 19.7 Å². The van der Waals surface area contributed by atoms with E-state index in [1.807, 2.05) is 4.90 Å². The third kappa shape index (κ3) is 5.02. The molecule has 0 saturated carbocycles. The molecule has 0 unspecified atom stereocenters. The number of piperidine rings is 1. The Kier molecular flexibility index (Phi) is 6.97. The summed E-state index contributed by atoms with van der Waals surface area (Å²) in [6, 6.07) is 2.15. The van der Waals surface area contributed by atoms with E-state index in [0.717, 1.165) is 62.5 Å². The second-order valence-corrected chi connectivity index (χ2v) is 15.3. The zero-order chi connectivity index (χ0) is 23.8. The third-order valence-electron chi connectivity index (χ3n) is 6.89. The van der Waals surface area contributed by atoms with Crippen LogP contribution in [-0.2, 0) is 11.2 Å². The molecule has 0 spiro atoms. The lowest BCUT2D eigenvalue weighted by Crippen LogP contribution is -2.50. The number of nitrogens with zero attached hydrogens (tertiary/aromatic N) is 1. The van der Waals surface area contributed by atoms with Gasteiger partial charge in [0.25, 0.3) is 5.91 Å². The molecule has 2 aliphatic rings. The average Bonchev–Trinajstić information content (AvgIpc) is 3.13. The number of benzene rings is 1. The molecule has 0 bridgehead atoms. The number of nitrogens with one attached hydrogen (secondary N) is 2. The summed E-state index contributed by atoms with van der Waals surface area (Å²) in [5.41, 5.74) is 5.44. The van der Waals surface area contributed by atoms with E-state index in [1.54, 1.807) is 0 Å². The van der Waals surface area contributed by atoms with Crippen molar-refractivity contribution in [3.05, 3.63) is 35.0 Å². The van der Waals surface area contributed by atoms with Crippen molar-refractivity contribution >= 4 is 24.9 Å². The molecule has 2 aliphatic heterocycles. The first-order valence-corrected chi connectivity index (χ1v) is 15.7. The Morgan fingerprint density at radius 3 is 2.61 bits per heavy atom. The lowest BCUT2D eigenvalue weighted by atomic mass is 9.80. The van der Waals surface area contributed by atoms with E-state index in [9.17, 15) is 13.6 Å². The fraction of sp³-hybridized carbons (Fsp3) is 0.577. The number of rotatable bonds is 4. The van der Waals surface area contributed by atoms with Crippen LogP contribution in [0.25, 0.3) is 10.9 Å². The lowest BCUT2D eigenvalue weighted by Gasteiger charge is -2.45. The molecule has 2 atom stereocenters. The number of amides is 1. The Bertz CT molecular complexity index is 1090. The number of aromatic nitrogens is 1.